The molecular weight excluding hydrogens is 494 g/mol. The molecular formula is C27H31N3O4S2. The number of carbonyl (C=O) groups is 2. The average molecular weight is 526 g/mol. The molecule has 2 heterocycles. The number of furan rings is 1. The van der Waals surface area contributed by atoms with Gasteiger partial charge in [-0.05, 0) is 68.1 Å². The molecule has 0 spiro atoms. The minimum atomic E-state index is -0.360. The third-order valence-corrected chi connectivity index (χ3v) is 7.35. The number of nitrogens with zero attached hydrogens (tertiary/aromatic N) is 1. The van der Waals surface area contributed by atoms with Crippen molar-refractivity contribution in [3.8, 4) is 0 Å². The van der Waals surface area contributed by atoms with E-state index < -0.39 is 0 Å². The Morgan fingerprint density at radius 2 is 1.89 bits per heavy atom. The molecule has 0 saturated carbocycles. The van der Waals surface area contributed by atoms with E-state index in [-0.39, 0.29) is 17.5 Å². The van der Waals surface area contributed by atoms with Crippen LogP contribution in [0.5, 0.6) is 0 Å². The lowest BCUT2D eigenvalue weighted by Gasteiger charge is -2.28. The van der Waals surface area contributed by atoms with Crippen molar-refractivity contribution in [1.82, 2.24) is 15.5 Å². The fourth-order valence-electron chi connectivity index (χ4n) is 4.01. The third kappa shape index (κ3) is 7.81. The molecule has 0 radical (unpaired) electrons. The van der Waals surface area contributed by atoms with Gasteiger partial charge < -0.3 is 24.7 Å². The van der Waals surface area contributed by atoms with Crippen LogP contribution in [0, 0.1) is 0 Å². The number of rotatable bonds is 8. The van der Waals surface area contributed by atoms with Gasteiger partial charge in [0.15, 0.2) is 5.09 Å². The predicted molar refractivity (Wildman–Crippen MR) is 146 cm³/mol. The number of morpholine rings is 1. The number of thioether (sulfide) groups is 1. The molecule has 4 rings (SSSR count). The Bertz CT molecular complexity index is 1120. The number of benzene rings is 1. The molecule has 1 aromatic heterocycles. The first-order valence-electron chi connectivity index (χ1n) is 12.3. The Morgan fingerprint density at radius 1 is 1.08 bits per heavy atom. The fraction of sp³-hybridized carbons (Fsp3) is 0.370. The van der Waals surface area contributed by atoms with Crippen LogP contribution in [0.15, 0.2) is 69.3 Å². The molecule has 1 fully saturated rings. The van der Waals surface area contributed by atoms with Gasteiger partial charge in [-0.25, -0.2) is 0 Å². The van der Waals surface area contributed by atoms with E-state index in [4.69, 9.17) is 21.4 Å². The zero-order valence-corrected chi connectivity index (χ0v) is 21.8. The summed E-state index contributed by atoms with van der Waals surface area (Å²) in [5.41, 5.74) is 1.97. The molecule has 190 valence electrons. The molecule has 2 aliphatic rings. The Labute approximate surface area is 221 Å². The van der Waals surface area contributed by atoms with Gasteiger partial charge in [0.05, 0.1) is 13.2 Å². The van der Waals surface area contributed by atoms with Crippen molar-refractivity contribution in [3.05, 3.63) is 71.1 Å². The van der Waals surface area contributed by atoms with Gasteiger partial charge in [-0.3, -0.25) is 9.59 Å². The van der Waals surface area contributed by atoms with Crippen LogP contribution in [-0.4, -0.2) is 53.9 Å². The first-order chi connectivity index (χ1) is 17.6. The van der Waals surface area contributed by atoms with Crippen molar-refractivity contribution in [2.45, 2.75) is 37.2 Å². The van der Waals surface area contributed by atoms with Crippen LogP contribution in [0.1, 0.15) is 48.2 Å². The fourth-order valence-corrected chi connectivity index (χ4v) is 5.20. The first-order valence-corrected chi connectivity index (χ1v) is 13.5. The van der Waals surface area contributed by atoms with Gasteiger partial charge in [0, 0.05) is 31.3 Å². The van der Waals surface area contributed by atoms with E-state index in [0.717, 1.165) is 36.7 Å². The largest absolute Gasteiger partial charge is 0.450 e. The Hall–Kier alpha value is -2.88. The SMILES string of the molecule is O=C(NCCC1=CCCCC1)/C(=C/c1ccc(SC(=S)N2CCOCC2)o1)NC(=O)c1ccccc1. The van der Waals surface area contributed by atoms with Crippen LogP contribution in [0.3, 0.4) is 0 Å². The highest BCUT2D eigenvalue weighted by Gasteiger charge is 2.18. The Balaban J connectivity index is 1.43. The molecule has 1 aromatic carbocycles. The Kier molecular flexibility index (Phi) is 9.77. The number of ether oxygens (including phenoxy) is 1. The molecule has 0 bridgehead atoms. The van der Waals surface area contributed by atoms with Crippen LogP contribution in [-0.2, 0) is 9.53 Å². The van der Waals surface area contributed by atoms with Gasteiger partial charge >= 0.3 is 0 Å². The summed E-state index contributed by atoms with van der Waals surface area (Å²) in [5.74, 6) is -0.262. The number of thiocarbonyl (C=S) groups is 1. The molecule has 36 heavy (non-hydrogen) atoms. The van der Waals surface area contributed by atoms with Crippen LogP contribution in [0.25, 0.3) is 6.08 Å². The molecule has 1 aliphatic heterocycles. The van der Waals surface area contributed by atoms with E-state index in [1.807, 2.05) is 12.1 Å². The highest BCUT2D eigenvalue weighted by atomic mass is 32.2. The van der Waals surface area contributed by atoms with E-state index in [1.165, 1.54) is 30.2 Å². The topological polar surface area (TPSA) is 83.8 Å². The monoisotopic (exact) mass is 525 g/mol. The van der Waals surface area contributed by atoms with E-state index >= 15 is 0 Å². The maximum atomic E-state index is 13.0. The smallest absolute Gasteiger partial charge is 0.267 e. The normalized spacial score (nSPS) is 16.3. The molecule has 2 N–H and O–H groups in total. The van der Waals surface area contributed by atoms with E-state index in [2.05, 4.69) is 21.6 Å². The van der Waals surface area contributed by atoms with Crippen molar-refractivity contribution in [2.24, 2.45) is 0 Å². The summed E-state index contributed by atoms with van der Waals surface area (Å²) in [7, 11) is 0. The van der Waals surface area contributed by atoms with Crippen molar-refractivity contribution >= 4 is 46.2 Å². The first kappa shape index (κ1) is 26.2. The van der Waals surface area contributed by atoms with Crippen molar-refractivity contribution in [3.63, 3.8) is 0 Å². The van der Waals surface area contributed by atoms with Gasteiger partial charge in [0.1, 0.15) is 15.8 Å². The number of hydrogen-bond acceptors (Lipinski definition) is 6. The molecule has 2 aromatic rings. The lowest BCUT2D eigenvalue weighted by Crippen LogP contribution is -2.38. The van der Waals surface area contributed by atoms with Crippen LogP contribution in [0.2, 0.25) is 0 Å². The van der Waals surface area contributed by atoms with E-state index in [1.54, 1.807) is 36.4 Å². The second-order valence-corrected chi connectivity index (χ2v) is 10.3. The maximum absolute atomic E-state index is 13.0. The van der Waals surface area contributed by atoms with Crippen molar-refractivity contribution < 1.29 is 18.7 Å². The summed E-state index contributed by atoms with van der Waals surface area (Å²) in [4.78, 5) is 27.9. The molecule has 1 aliphatic carbocycles. The van der Waals surface area contributed by atoms with Crippen molar-refractivity contribution in [2.75, 3.05) is 32.8 Å². The number of carbonyl (C=O) groups excluding carboxylic acids is 2. The summed E-state index contributed by atoms with van der Waals surface area (Å²) in [6.07, 6.45) is 9.26. The van der Waals surface area contributed by atoms with E-state index in [0.29, 0.717) is 36.2 Å². The number of nitrogens with one attached hydrogen (secondary N) is 2. The zero-order chi connectivity index (χ0) is 25.2. The lowest BCUT2D eigenvalue weighted by atomic mass is 9.97. The van der Waals surface area contributed by atoms with Gasteiger partial charge in [-0.2, -0.15) is 0 Å². The van der Waals surface area contributed by atoms with Crippen molar-refractivity contribution in [1.29, 1.82) is 0 Å². The average Bonchev–Trinajstić information content (AvgIpc) is 3.36. The Morgan fingerprint density at radius 3 is 2.64 bits per heavy atom. The maximum Gasteiger partial charge on any atom is 0.267 e. The summed E-state index contributed by atoms with van der Waals surface area (Å²) in [6.45, 7) is 3.34. The van der Waals surface area contributed by atoms with Crippen LogP contribution < -0.4 is 10.6 Å². The lowest BCUT2D eigenvalue weighted by molar-refractivity contribution is -0.117. The summed E-state index contributed by atoms with van der Waals surface area (Å²) >= 11 is 6.90. The minimum Gasteiger partial charge on any atom is -0.450 e. The summed E-state index contributed by atoms with van der Waals surface area (Å²) in [5, 5.41) is 6.31. The standard InChI is InChI=1S/C27H31N3O4S2/c31-25(21-9-5-2-6-10-21)29-23(26(32)28-14-13-20-7-3-1-4-8-20)19-22-11-12-24(34-22)36-27(35)30-15-17-33-18-16-30/h2,5-7,9-12,19H,1,3-4,8,13-18H2,(H,28,32)(H,29,31)/b23-19-. The van der Waals surface area contributed by atoms with Gasteiger partial charge in [0.2, 0.25) is 0 Å². The van der Waals surface area contributed by atoms with Gasteiger partial charge in [-0.1, -0.05) is 42.1 Å². The van der Waals surface area contributed by atoms with E-state index in [9.17, 15) is 9.59 Å². The number of hydrogen-bond donors (Lipinski definition) is 2. The van der Waals surface area contributed by atoms with Crippen LogP contribution >= 0.6 is 24.0 Å². The highest BCUT2D eigenvalue weighted by molar-refractivity contribution is 8.22. The van der Waals surface area contributed by atoms with Gasteiger partial charge in [0.25, 0.3) is 11.8 Å². The molecule has 9 heteroatoms. The summed E-state index contributed by atoms with van der Waals surface area (Å²) in [6, 6.07) is 12.4. The molecule has 2 amide bonds. The second kappa shape index (κ2) is 13.4. The molecule has 1 saturated heterocycles. The highest BCUT2D eigenvalue weighted by Crippen LogP contribution is 2.26. The number of allylic oxidation sites excluding steroid dienone is 1. The minimum absolute atomic E-state index is 0.128. The number of amides is 2. The second-order valence-electron chi connectivity index (χ2n) is 8.62. The molecule has 7 nitrogen and oxygen atoms in total. The quantitative estimate of drug-likeness (QED) is 0.222. The molecule has 0 unspecified atom stereocenters. The van der Waals surface area contributed by atoms with Crippen LogP contribution in [0.4, 0.5) is 0 Å². The predicted octanol–water partition coefficient (Wildman–Crippen LogP) is 4.77. The zero-order valence-electron chi connectivity index (χ0n) is 20.2. The summed E-state index contributed by atoms with van der Waals surface area (Å²) < 4.78 is 12.0. The third-order valence-electron chi connectivity index (χ3n) is 5.99. The molecule has 0 atom stereocenters. The van der Waals surface area contributed by atoms with Gasteiger partial charge in [-0.15, -0.1) is 0 Å².